The van der Waals surface area contributed by atoms with E-state index >= 15 is 0 Å². The number of halogens is 1. The van der Waals surface area contributed by atoms with E-state index in [1.807, 2.05) is 49.4 Å². The van der Waals surface area contributed by atoms with Crippen LogP contribution < -0.4 is 10.1 Å². The zero-order chi connectivity index (χ0) is 27.2. The van der Waals surface area contributed by atoms with Gasteiger partial charge in [-0.2, -0.15) is 0 Å². The number of aliphatic hydroxyl groups is 3. The molecule has 0 unspecified atom stereocenters. The largest absolute Gasteiger partial charge is 0.494 e. The Bertz CT molecular complexity index is 1220. The summed E-state index contributed by atoms with van der Waals surface area (Å²) in [4.78, 5) is 12.6. The molecule has 3 aromatic carbocycles. The van der Waals surface area contributed by atoms with Crippen molar-refractivity contribution >= 4 is 29.3 Å². The topological polar surface area (TPSA) is 108 Å². The highest BCUT2D eigenvalue weighted by Crippen LogP contribution is 2.36. The predicted molar refractivity (Wildman–Crippen MR) is 148 cm³/mol. The number of hydrogen-bond donors (Lipinski definition) is 4. The molecule has 0 aromatic heterocycles. The van der Waals surface area contributed by atoms with E-state index in [0.717, 1.165) is 21.8 Å². The molecule has 1 aliphatic heterocycles. The number of ether oxygens (including phenoxy) is 2. The van der Waals surface area contributed by atoms with E-state index in [1.54, 1.807) is 31.3 Å². The molecule has 9 heteroatoms. The highest BCUT2D eigenvalue weighted by Gasteiger charge is 2.44. The molecule has 1 amide bonds. The zero-order valence-corrected chi connectivity index (χ0v) is 22.8. The second-order valence-corrected chi connectivity index (χ2v) is 10.6. The Labute approximate surface area is 231 Å². The molecular weight excluding hydrogens is 526 g/mol. The van der Waals surface area contributed by atoms with Crippen LogP contribution >= 0.6 is 23.4 Å². The van der Waals surface area contributed by atoms with E-state index in [9.17, 15) is 20.1 Å². The number of carbonyl (C=O) groups excluding carboxylic acids is 1. The molecule has 1 aliphatic rings. The zero-order valence-electron chi connectivity index (χ0n) is 21.2. The monoisotopic (exact) mass is 557 g/mol. The maximum absolute atomic E-state index is 11.8. The summed E-state index contributed by atoms with van der Waals surface area (Å²) in [6, 6.07) is 20.3. The smallest absolute Gasteiger partial charge is 0.251 e. The number of carbonyl (C=O) groups is 1. The molecule has 1 heterocycles. The van der Waals surface area contributed by atoms with Gasteiger partial charge in [0.05, 0.1) is 12.7 Å². The van der Waals surface area contributed by atoms with E-state index < -0.39 is 30.5 Å². The number of rotatable bonds is 9. The Morgan fingerprint density at radius 2 is 1.71 bits per heavy atom. The third kappa shape index (κ3) is 6.69. The Balaban J connectivity index is 1.47. The van der Waals surface area contributed by atoms with Gasteiger partial charge in [-0.25, -0.2) is 0 Å². The van der Waals surface area contributed by atoms with Gasteiger partial charge in [0, 0.05) is 28.3 Å². The molecule has 38 heavy (non-hydrogen) atoms. The molecule has 4 N–H and O–H groups in total. The fourth-order valence-corrected chi connectivity index (χ4v) is 5.53. The SMILES string of the molecule is CCOc1ccc(Cc2cc([C@@H]3O[C@H](CSc4ccc(C(=O)NC)cc4)[C@@H](O)[C@H](O)[C@H]3O)ccc2Cl)cc1. The van der Waals surface area contributed by atoms with Gasteiger partial charge in [0.2, 0.25) is 0 Å². The number of thioether (sulfide) groups is 1. The maximum atomic E-state index is 11.8. The van der Waals surface area contributed by atoms with Crippen LogP contribution in [-0.4, -0.2) is 65.1 Å². The Morgan fingerprint density at radius 3 is 2.37 bits per heavy atom. The van der Waals surface area contributed by atoms with Crippen molar-refractivity contribution in [3.8, 4) is 5.75 Å². The molecule has 0 radical (unpaired) electrons. The second-order valence-electron chi connectivity index (χ2n) is 9.09. The molecule has 3 aromatic rings. The first-order valence-corrected chi connectivity index (χ1v) is 13.8. The summed E-state index contributed by atoms with van der Waals surface area (Å²) in [6.07, 6.45) is -4.94. The maximum Gasteiger partial charge on any atom is 0.251 e. The van der Waals surface area contributed by atoms with Gasteiger partial charge in [-0.05, 0) is 72.5 Å². The fourth-order valence-electron chi connectivity index (χ4n) is 4.39. The van der Waals surface area contributed by atoms with Crippen LogP contribution in [0.5, 0.6) is 5.75 Å². The number of benzene rings is 3. The van der Waals surface area contributed by atoms with Gasteiger partial charge in [-0.1, -0.05) is 35.9 Å². The van der Waals surface area contributed by atoms with E-state index in [4.69, 9.17) is 21.1 Å². The molecule has 0 spiro atoms. The van der Waals surface area contributed by atoms with Crippen LogP contribution in [0.4, 0.5) is 0 Å². The predicted octanol–water partition coefficient (Wildman–Crippen LogP) is 4.00. The van der Waals surface area contributed by atoms with Crippen LogP contribution in [0.25, 0.3) is 0 Å². The normalized spacial score (nSPS) is 23.2. The van der Waals surface area contributed by atoms with Crippen LogP contribution in [0.15, 0.2) is 71.6 Å². The lowest BCUT2D eigenvalue weighted by Crippen LogP contribution is -2.54. The van der Waals surface area contributed by atoms with Crippen molar-refractivity contribution in [2.24, 2.45) is 0 Å². The highest BCUT2D eigenvalue weighted by atomic mass is 35.5. The van der Waals surface area contributed by atoms with Gasteiger partial charge in [-0.3, -0.25) is 4.79 Å². The molecule has 7 nitrogen and oxygen atoms in total. The van der Waals surface area contributed by atoms with Gasteiger partial charge in [0.15, 0.2) is 0 Å². The van der Waals surface area contributed by atoms with Gasteiger partial charge in [0.25, 0.3) is 5.91 Å². The fraction of sp³-hybridized carbons (Fsp3) is 0.345. The van der Waals surface area contributed by atoms with Crippen LogP contribution in [0.2, 0.25) is 5.02 Å². The minimum atomic E-state index is -1.37. The van der Waals surface area contributed by atoms with Crippen molar-refractivity contribution in [3.63, 3.8) is 0 Å². The molecule has 202 valence electrons. The molecule has 4 rings (SSSR count). The molecule has 1 saturated heterocycles. The average Bonchev–Trinajstić information content (AvgIpc) is 2.94. The van der Waals surface area contributed by atoms with Crippen LogP contribution in [0.3, 0.4) is 0 Å². The summed E-state index contributed by atoms with van der Waals surface area (Å²) in [5, 5.41) is 35.2. The van der Waals surface area contributed by atoms with E-state index in [0.29, 0.717) is 34.9 Å². The summed E-state index contributed by atoms with van der Waals surface area (Å²) in [6.45, 7) is 2.53. The molecule has 0 aliphatic carbocycles. The van der Waals surface area contributed by atoms with Crippen LogP contribution in [0.1, 0.15) is 40.1 Å². The number of hydrogen-bond acceptors (Lipinski definition) is 7. The molecule has 1 fully saturated rings. The van der Waals surface area contributed by atoms with E-state index in [1.165, 1.54) is 11.8 Å². The molecular formula is C29H32ClNO6S. The van der Waals surface area contributed by atoms with Gasteiger partial charge < -0.3 is 30.1 Å². The van der Waals surface area contributed by atoms with Gasteiger partial charge >= 0.3 is 0 Å². The average molecular weight is 558 g/mol. The second kappa shape index (κ2) is 13.0. The van der Waals surface area contributed by atoms with Gasteiger partial charge in [-0.15, -0.1) is 11.8 Å². The minimum Gasteiger partial charge on any atom is -0.494 e. The lowest BCUT2D eigenvalue weighted by atomic mass is 9.90. The Kier molecular flexibility index (Phi) is 9.70. The van der Waals surface area contributed by atoms with Crippen molar-refractivity contribution < 1.29 is 29.6 Å². The van der Waals surface area contributed by atoms with Crippen molar-refractivity contribution in [1.29, 1.82) is 0 Å². The third-order valence-corrected chi connectivity index (χ3v) is 7.97. The summed E-state index contributed by atoms with van der Waals surface area (Å²) in [7, 11) is 1.58. The highest BCUT2D eigenvalue weighted by molar-refractivity contribution is 7.99. The first-order chi connectivity index (χ1) is 18.3. The van der Waals surface area contributed by atoms with E-state index in [2.05, 4.69) is 5.32 Å². The number of amides is 1. The first-order valence-electron chi connectivity index (χ1n) is 12.4. The minimum absolute atomic E-state index is 0.169. The Hall–Kier alpha value is -2.59. The van der Waals surface area contributed by atoms with Crippen molar-refractivity contribution in [2.75, 3.05) is 19.4 Å². The van der Waals surface area contributed by atoms with E-state index in [-0.39, 0.29) is 5.91 Å². The lowest BCUT2D eigenvalue weighted by molar-refractivity contribution is -0.218. The first kappa shape index (κ1) is 28.4. The number of nitrogens with one attached hydrogen (secondary N) is 1. The van der Waals surface area contributed by atoms with Crippen LogP contribution in [-0.2, 0) is 11.2 Å². The molecule has 0 bridgehead atoms. The van der Waals surface area contributed by atoms with Crippen molar-refractivity contribution in [3.05, 3.63) is 94.0 Å². The lowest BCUT2D eigenvalue weighted by Gasteiger charge is -2.41. The van der Waals surface area contributed by atoms with Gasteiger partial charge in [0.1, 0.15) is 30.2 Å². The van der Waals surface area contributed by atoms with Crippen LogP contribution in [0, 0.1) is 0 Å². The third-order valence-electron chi connectivity index (χ3n) is 6.50. The standard InChI is InChI=1S/C29H32ClNO6S/c1-3-36-21-9-4-17(5-10-21)14-20-15-19(8-13-23(20)30)28-27(34)26(33)25(32)24(37-28)16-38-22-11-6-18(7-12-22)29(35)31-2/h4-13,15,24-28,32-34H,3,14,16H2,1-2H3,(H,31,35)/t24-,25-,26+,27-,28+/m1/s1. The quantitative estimate of drug-likeness (QED) is 0.294. The van der Waals surface area contributed by atoms with Crippen molar-refractivity contribution in [1.82, 2.24) is 5.32 Å². The summed E-state index contributed by atoms with van der Waals surface area (Å²) >= 11 is 7.92. The number of aliphatic hydroxyl groups excluding tert-OH is 3. The van der Waals surface area contributed by atoms with Crippen molar-refractivity contribution in [2.45, 2.75) is 48.8 Å². The summed E-state index contributed by atoms with van der Waals surface area (Å²) in [5.41, 5.74) is 3.11. The summed E-state index contributed by atoms with van der Waals surface area (Å²) < 4.78 is 11.7. The Morgan fingerprint density at radius 1 is 1.00 bits per heavy atom. The molecule has 5 atom stereocenters. The summed E-state index contributed by atoms with van der Waals surface area (Å²) in [5.74, 6) is 0.971. The molecule has 0 saturated carbocycles.